The van der Waals surface area contributed by atoms with Gasteiger partial charge in [0.25, 0.3) is 0 Å². The maximum Gasteiger partial charge on any atom is 0.213 e. The van der Waals surface area contributed by atoms with Gasteiger partial charge in [-0.2, -0.15) is 5.10 Å². The van der Waals surface area contributed by atoms with Gasteiger partial charge in [-0.05, 0) is 47.7 Å². The Morgan fingerprint density at radius 2 is 2.21 bits per heavy atom. The number of hydrogen-bond acceptors (Lipinski definition) is 5. The van der Waals surface area contributed by atoms with Gasteiger partial charge in [-0.25, -0.2) is 9.50 Å². The summed E-state index contributed by atoms with van der Waals surface area (Å²) in [5.74, 6) is 0.565. The topological polar surface area (TPSA) is 59.7 Å². The number of aromatic nitrogens is 3. The maximum absolute atomic E-state index is 9.60. The van der Waals surface area contributed by atoms with Gasteiger partial charge in [0, 0.05) is 5.56 Å². The number of imidazole rings is 1. The molecular weight excluding hydrogens is 377 g/mol. The number of nitrogens with zero attached hydrogens (tertiary/aromatic N) is 3. The van der Waals surface area contributed by atoms with E-state index in [1.165, 1.54) is 18.4 Å². The Balaban J connectivity index is 2.13. The van der Waals surface area contributed by atoms with Gasteiger partial charge in [0.2, 0.25) is 4.96 Å². The van der Waals surface area contributed by atoms with Gasteiger partial charge in [0.1, 0.15) is 8.71 Å². The highest BCUT2D eigenvalue weighted by Crippen LogP contribution is 2.33. The van der Waals surface area contributed by atoms with Crippen LogP contribution in [-0.4, -0.2) is 26.8 Å². The summed E-state index contributed by atoms with van der Waals surface area (Å²) in [7, 11) is 1.53. The zero-order valence-corrected chi connectivity index (χ0v) is 13.2. The van der Waals surface area contributed by atoms with Crippen LogP contribution < -0.4 is 4.74 Å². The number of phenols is 1. The van der Waals surface area contributed by atoms with Crippen LogP contribution in [0.3, 0.4) is 0 Å². The van der Waals surface area contributed by atoms with Crippen molar-refractivity contribution in [3.05, 3.63) is 27.6 Å². The number of halogens is 1. The summed E-state index contributed by atoms with van der Waals surface area (Å²) in [6.45, 7) is 1.99. The summed E-state index contributed by atoms with van der Waals surface area (Å²) in [5, 5.41) is 15.0. The molecule has 0 amide bonds. The molecule has 0 saturated heterocycles. The molecule has 98 valence electrons. The first kappa shape index (κ1) is 12.7. The summed E-state index contributed by atoms with van der Waals surface area (Å²) >= 11 is 3.71. The van der Waals surface area contributed by atoms with Crippen molar-refractivity contribution in [1.29, 1.82) is 0 Å². The fraction of sp³-hybridized carbons (Fsp3) is 0.167. The molecule has 0 spiro atoms. The Bertz CT molecular complexity index is 766. The van der Waals surface area contributed by atoms with Crippen LogP contribution in [0.4, 0.5) is 0 Å². The van der Waals surface area contributed by atoms with Crippen LogP contribution >= 0.6 is 33.9 Å². The van der Waals surface area contributed by atoms with E-state index in [2.05, 4.69) is 32.7 Å². The second kappa shape index (κ2) is 4.64. The van der Waals surface area contributed by atoms with Crippen molar-refractivity contribution >= 4 is 38.9 Å². The lowest BCUT2D eigenvalue weighted by molar-refractivity contribution is 0.373. The summed E-state index contributed by atoms with van der Waals surface area (Å²) < 4.78 is 7.91. The fourth-order valence-electron chi connectivity index (χ4n) is 1.75. The highest BCUT2D eigenvalue weighted by molar-refractivity contribution is 14.1. The van der Waals surface area contributed by atoms with E-state index < -0.39 is 0 Å². The number of fused-ring (bicyclic) bond motifs is 1. The lowest BCUT2D eigenvalue weighted by Gasteiger charge is -2.04. The molecule has 0 unspecified atom stereocenters. The van der Waals surface area contributed by atoms with E-state index in [1.54, 1.807) is 12.1 Å². The molecule has 7 heteroatoms. The molecule has 0 aliphatic heterocycles. The van der Waals surface area contributed by atoms with Gasteiger partial charge >= 0.3 is 0 Å². The van der Waals surface area contributed by atoms with E-state index in [-0.39, 0.29) is 5.75 Å². The van der Waals surface area contributed by atoms with Gasteiger partial charge in [-0.15, -0.1) is 0 Å². The zero-order chi connectivity index (χ0) is 13.6. The Morgan fingerprint density at radius 3 is 2.89 bits per heavy atom. The lowest BCUT2D eigenvalue weighted by Crippen LogP contribution is -1.89. The van der Waals surface area contributed by atoms with Crippen LogP contribution in [0, 0.1) is 10.6 Å². The minimum Gasteiger partial charge on any atom is -0.504 e. The Kier molecular flexibility index (Phi) is 3.09. The molecule has 0 aliphatic carbocycles. The van der Waals surface area contributed by atoms with Crippen LogP contribution in [0.5, 0.6) is 11.5 Å². The van der Waals surface area contributed by atoms with Crippen LogP contribution in [-0.2, 0) is 0 Å². The maximum atomic E-state index is 9.60. The number of methoxy groups -OCH3 is 1. The molecule has 0 atom stereocenters. The monoisotopic (exact) mass is 387 g/mol. The van der Waals surface area contributed by atoms with Crippen molar-refractivity contribution in [2.75, 3.05) is 7.11 Å². The van der Waals surface area contributed by atoms with Crippen LogP contribution in [0.25, 0.3) is 15.5 Å². The molecule has 2 heterocycles. The summed E-state index contributed by atoms with van der Waals surface area (Å²) in [4.78, 5) is 5.31. The predicted molar refractivity (Wildman–Crippen MR) is 82.0 cm³/mol. The fourth-order valence-corrected chi connectivity index (χ4v) is 3.31. The molecule has 0 bridgehead atoms. The summed E-state index contributed by atoms with van der Waals surface area (Å²) in [5.41, 5.74) is 1.93. The van der Waals surface area contributed by atoms with Crippen molar-refractivity contribution in [1.82, 2.24) is 14.6 Å². The number of aryl methyl sites for hydroxylation is 1. The molecule has 2 aromatic heterocycles. The van der Waals surface area contributed by atoms with Crippen LogP contribution in [0.1, 0.15) is 5.69 Å². The Morgan fingerprint density at radius 1 is 1.42 bits per heavy atom. The van der Waals surface area contributed by atoms with Crippen molar-refractivity contribution in [2.45, 2.75) is 6.92 Å². The Labute approximate surface area is 127 Å². The molecule has 5 nitrogen and oxygen atoms in total. The quantitative estimate of drug-likeness (QED) is 0.687. The Hall–Kier alpha value is -1.35. The van der Waals surface area contributed by atoms with E-state index in [1.807, 2.05) is 17.5 Å². The largest absolute Gasteiger partial charge is 0.504 e. The number of hydrogen-bond donors (Lipinski definition) is 1. The molecule has 0 saturated carbocycles. The zero-order valence-electron chi connectivity index (χ0n) is 10.2. The van der Waals surface area contributed by atoms with E-state index in [0.717, 1.165) is 24.9 Å². The number of benzene rings is 1. The third-order valence-corrected chi connectivity index (χ3v) is 4.78. The number of phenolic OH excluding ortho intramolecular Hbond substituents is 1. The van der Waals surface area contributed by atoms with E-state index in [9.17, 15) is 5.11 Å². The molecular formula is C12H10IN3O2S. The molecule has 0 radical (unpaired) electrons. The first-order valence-electron chi connectivity index (χ1n) is 5.49. The average molecular weight is 387 g/mol. The first-order chi connectivity index (χ1) is 9.10. The highest BCUT2D eigenvalue weighted by atomic mass is 127. The van der Waals surface area contributed by atoms with E-state index in [0.29, 0.717) is 5.75 Å². The molecule has 19 heavy (non-hydrogen) atoms. The van der Waals surface area contributed by atoms with Gasteiger partial charge < -0.3 is 9.84 Å². The van der Waals surface area contributed by atoms with Crippen LogP contribution in [0.2, 0.25) is 0 Å². The number of aromatic hydroxyl groups is 1. The molecule has 1 aromatic carbocycles. The highest BCUT2D eigenvalue weighted by Gasteiger charge is 2.14. The normalized spacial score (nSPS) is 11.1. The second-order valence-corrected chi connectivity index (χ2v) is 5.95. The molecule has 1 N–H and O–H groups in total. The third-order valence-electron chi connectivity index (χ3n) is 2.80. The molecule has 0 aliphatic rings. The average Bonchev–Trinajstić information content (AvgIpc) is 2.91. The van der Waals surface area contributed by atoms with Crippen molar-refractivity contribution in [3.8, 4) is 22.1 Å². The van der Waals surface area contributed by atoms with Gasteiger partial charge in [-0.3, -0.25) is 0 Å². The minimum atomic E-state index is 0.123. The van der Waals surface area contributed by atoms with E-state index in [4.69, 9.17) is 4.74 Å². The van der Waals surface area contributed by atoms with Gasteiger partial charge in [0.15, 0.2) is 11.5 Å². The van der Waals surface area contributed by atoms with Crippen molar-refractivity contribution in [3.63, 3.8) is 0 Å². The standard InChI is InChI=1S/C12H10IN3O2S/c1-6-10(13)14-12-16(6)15-11(19-12)7-3-4-8(17)9(5-7)18-2/h3-5,17H,1-2H3. The SMILES string of the molecule is COc1cc(-c2nn3c(C)c(I)nc3s2)ccc1O. The third kappa shape index (κ3) is 2.06. The van der Waals surface area contributed by atoms with Crippen molar-refractivity contribution in [2.24, 2.45) is 0 Å². The molecule has 3 rings (SSSR count). The van der Waals surface area contributed by atoms with Crippen LogP contribution in [0.15, 0.2) is 18.2 Å². The van der Waals surface area contributed by atoms with Gasteiger partial charge in [-0.1, -0.05) is 11.3 Å². The lowest BCUT2D eigenvalue weighted by atomic mass is 10.2. The minimum absolute atomic E-state index is 0.123. The summed E-state index contributed by atoms with van der Waals surface area (Å²) in [6.07, 6.45) is 0. The molecule has 3 aromatic rings. The van der Waals surface area contributed by atoms with Crippen molar-refractivity contribution < 1.29 is 9.84 Å². The summed E-state index contributed by atoms with van der Waals surface area (Å²) in [6, 6.07) is 5.19. The first-order valence-corrected chi connectivity index (χ1v) is 7.38. The second-order valence-electron chi connectivity index (χ2n) is 3.98. The number of rotatable bonds is 2. The number of ether oxygens (including phenoxy) is 1. The predicted octanol–water partition coefficient (Wildman–Crippen LogP) is 3.09. The van der Waals surface area contributed by atoms with E-state index >= 15 is 0 Å². The smallest absolute Gasteiger partial charge is 0.213 e. The molecule has 0 fully saturated rings. The van der Waals surface area contributed by atoms with Gasteiger partial charge in [0.05, 0.1) is 12.8 Å².